The summed E-state index contributed by atoms with van der Waals surface area (Å²) < 4.78 is 1.29. The quantitative estimate of drug-likeness (QED) is 0.796. The SMILES string of the molecule is Ic1ccc(NC2CC(c3ccccc3)C2)cc1. The fourth-order valence-corrected chi connectivity index (χ4v) is 2.87. The van der Waals surface area contributed by atoms with Gasteiger partial charge in [0.25, 0.3) is 0 Å². The van der Waals surface area contributed by atoms with Gasteiger partial charge in [0.1, 0.15) is 0 Å². The normalized spacial score (nSPS) is 22.3. The second kappa shape index (κ2) is 5.31. The zero-order valence-corrected chi connectivity index (χ0v) is 12.3. The van der Waals surface area contributed by atoms with Crippen LogP contribution in [0.2, 0.25) is 0 Å². The highest BCUT2D eigenvalue weighted by Gasteiger charge is 2.29. The molecule has 0 amide bonds. The standard InChI is InChI=1S/C16H16IN/c17-14-6-8-15(9-7-14)18-16-10-13(11-16)12-4-2-1-3-5-12/h1-9,13,16,18H,10-11H2. The summed E-state index contributed by atoms with van der Waals surface area (Å²) in [5.41, 5.74) is 2.73. The molecule has 1 aliphatic rings. The minimum Gasteiger partial charge on any atom is -0.382 e. The molecule has 1 N–H and O–H groups in total. The van der Waals surface area contributed by atoms with Crippen molar-refractivity contribution in [1.82, 2.24) is 0 Å². The summed E-state index contributed by atoms with van der Waals surface area (Å²) in [6.07, 6.45) is 2.49. The second-order valence-corrected chi connectivity index (χ2v) is 6.17. The lowest BCUT2D eigenvalue weighted by molar-refractivity contribution is 0.374. The highest BCUT2D eigenvalue weighted by atomic mass is 127. The van der Waals surface area contributed by atoms with Crippen LogP contribution >= 0.6 is 22.6 Å². The Morgan fingerprint density at radius 2 is 1.56 bits per heavy atom. The highest BCUT2D eigenvalue weighted by molar-refractivity contribution is 14.1. The molecule has 3 rings (SSSR count). The molecule has 0 radical (unpaired) electrons. The average molecular weight is 349 g/mol. The number of anilines is 1. The van der Waals surface area contributed by atoms with Crippen LogP contribution in [0.5, 0.6) is 0 Å². The lowest BCUT2D eigenvalue weighted by Crippen LogP contribution is -2.33. The van der Waals surface area contributed by atoms with E-state index in [2.05, 4.69) is 82.5 Å². The van der Waals surface area contributed by atoms with E-state index >= 15 is 0 Å². The van der Waals surface area contributed by atoms with Gasteiger partial charge in [-0.1, -0.05) is 30.3 Å². The Bertz CT molecular complexity index is 500. The molecule has 0 saturated heterocycles. The van der Waals surface area contributed by atoms with Crippen LogP contribution in [0.25, 0.3) is 0 Å². The van der Waals surface area contributed by atoms with Gasteiger partial charge in [-0.25, -0.2) is 0 Å². The van der Waals surface area contributed by atoms with Gasteiger partial charge in [0.15, 0.2) is 0 Å². The number of nitrogens with one attached hydrogen (secondary N) is 1. The van der Waals surface area contributed by atoms with Gasteiger partial charge in [-0.2, -0.15) is 0 Å². The van der Waals surface area contributed by atoms with Gasteiger partial charge in [-0.15, -0.1) is 0 Å². The largest absolute Gasteiger partial charge is 0.382 e. The van der Waals surface area contributed by atoms with Crippen molar-refractivity contribution in [2.75, 3.05) is 5.32 Å². The van der Waals surface area contributed by atoms with Crippen molar-refractivity contribution in [2.24, 2.45) is 0 Å². The van der Waals surface area contributed by atoms with E-state index in [1.807, 2.05) is 0 Å². The van der Waals surface area contributed by atoms with Gasteiger partial charge in [0, 0.05) is 15.3 Å². The maximum Gasteiger partial charge on any atom is 0.0343 e. The summed E-state index contributed by atoms with van der Waals surface area (Å²) >= 11 is 2.34. The summed E-state index contributed by atoms with van der Waals surface area (Å²) in [6, 6.07) is 20.1. The topological polar surface area (TPSA) is 12.0 Å². The fourth-order valence-electron chi connectivity index (χ4n) is 2.51. The lowest BCUT2D eigenvalue weighted by Gasteiger charge is -2.37. The van der Waals surface area contributed by atoms with Crippen LogP contribution in [0, 0.1) is 3.57 Å². The van der Waals surface area contributed by atoms with E-state index in [1.54, 1.807) is 0 Å². The minimum absolute atomic E-state index is 0.635. The third-order valence-corrected chi connectivity index (χ3v) is 4.34. The van der Waals surface area contributed by atoms with Gasteiger partial charge in [0.05, 0.1) is 0 Å². The Kier molecular flexibility index (Phi) is 3.55. The van der Waals surface area contributed by atoms with Crippen molar-refractivity contribution in [3.05, 3.63) is 63.7 Å². The maximum atomic E-state index is 3.60. The number of hydrogen-bond acceptors (Lipinski definition) is 1. The van der Waals surface area contributed by atoms with Gasteiger partial charge >= 0.3 is 0 Å². The van der Waals surface area contributed by atoms with E-state index in [0.29, 0.717) is 6.04 Å². The Balaban J connectivity index is 1.55. The number of halogens is 1. The summed E-state index contributed by atoms with van der Waals surface area (Å²) in [4.78, 5) is 0. The molecule has 1 nitrogen and oxygen atoms in total. The molecular formula is C16H16IN. The summed E-state index contributed by atoms with van der Waals surface area (Å²) in [6.45, 7) is 0. The first-order valence-corrected chi connectivity index (χ1v) is 7.46. The molecule has 1 saturated carbocycles. The minimum atomic E-state index is 0.635. The third kappa shape index (κ3) is 2.69. The monoisotopic (exact) mass is 349 g/mol. The molecule has 0 atom stereocenters. The highest BCUT2D eigenvalue weighted by Crippen LogP contribution is 2.38. The first kappa shape index (κ1) is 12.0. The Morgan fingerprint density at radius 1 is 0.889 bits per heavy atom. The molecule has 0 spiro atoms. The molecule has 0 unspecified atom stereocenters. The first-order chi connectivity index (χ1) is 8.81. The van der Waals surface area contributed by atoms with Gasteiger partial charge < -0.3 is 5.32 Å². The van der Waals surface area contributed by atoms with E-state index in [9.17, 15) is 0 Å². The Morgan fingerprint density at radius 3 is 2.22 bits per heavy atom. The lowest BCUT2D eigenvalue weighted by atomic mass is 9.76. The van der Waals surface area contributed by atoms with Crippen LogP contribution in [-0.2, 0) is 0 Å². The predicted molar refractivity (Wildman–Crippen MR) is 85.0 cm³/mol. The smallest absolute Gasteiger partial charge is 0.0343 e. The van der Waals surface area contributed by atoms with E-state index in [0.717, 1.165) is 5.92 Å². The molecule has 1 fully saturated rings. The Hall–Kier alpha value is -1.03. The van der Waals surface area contributed by atoms with E-state index in [1.165, 1.54) is 27.7 Å². The molecule has 1 aliphatic carbocycles. The summed E-state index contributed by atoms with van der Waals surface area (Å²) in [7, 11) is 0. The van der Waals surface area contributed by atoms with Gasteiger partial charge in [-0.05, 0) is 71.2 Å². The van der Waals surface area contributed by atoms with E-state index < -0.39 is 0 Å². The maximum absolute atomic E-state index is 3.60. The fraction of sp³-hybridized carbons (Fsp3) is 0.250. The molecule has 0 bridgehead atoms. The van der Waals surface area contributed by atoms with Crippen LogP contribution in [0.4, 0.5) is 5.69 Å². The van der Waals surface area contributed by atoms with Crippen molar-refractivity contribution in [1.29, 1.82) is 0 Å². The van der Waals surface area contributed by atoms with Crippen molar-refractivity contribution in [2.45, 2.75) is 24.8 Å². The molecule has 0 aliphatic heterocycles. The molecular weight excluding hydrogens is 333 g/mol. The second-order valence-electron chi connectivity index (χ2n) is 4.93. The van der Waals surface area contributed by atoms with E-state index in [-0.39, 0.29) is 0 Å². The van der Waals surface area contributed by atoms with Crippen LogP contribution < -0.4 is 5.32 Å². The van der Waals surface area contributed by atoms with Crippen LogP contribution in [0.3, 0.4) is 0 Å². The van der Waals surface area contributed by atoms with Crippen LogP contribution in [0.1, 0.15) is 24.3 Å². The zero-order chi connectivity index (χ0) is 12.4. The van der Waals surface area contributed by atoms with E-state index in [4.69, 9.17) is 0 Å². The molecule has 92 valence electrons. The molecule has 2 aromatic rings. The van der Waals surface area contributed by atoms with Crippen molar-refractivity contribution in [3.8, 4) is 0 Å². The molecule has 18 heavy (non-hydrogen) atoms. The molecule has 0 heterocycles. The average Bonchev–Trinajstić information content (AvgIpc) is 2.36. The molecule has 2 aromatic carbocycles. The zero-order valence-electron chi connectivity index (χ0n) is 10.1. The van der Waals surface area contributed by atoms with Crippen LogP contribution in [-0.4, -0.2) is 6.04 Å². The summed E-state index contributed by atoms with van der Waals surface area (Å²) in [5.74, 6) is 0.743. The first-order valence-electron chi connectivity index (χ1n) is 6.38. The molecule has 0 aromatic heterocycles. The molecule has 2 heteroatoms. The van der Waals surface area contributed by atoms with Crippen molar-refractivity contribution >= 4 is 28.3 Å². The van der Waals surface area contributed by atoms with Gasteiger partial charge in [0.2, 0.25) is 0 Å². The van der Waals surface area contributed by atoms with Crippen molar-refractivity contribution in [3.63, 3.8) is 0 Å². The van der Waals surface area contributed by atoms with Crippen molar-refractivity contribution < 1.29 is 0 Å². The van der Waals surface area contributed by atoms with Gasteiger partial charge in [-0.3, -0.25) is 0 Å². The number of rotatable bonds is 3. The number of benzene rings is 2. The Labute approximate surface area is 122 Å². The summed E-state index contributed by atoms with van der Waals surface area (Å²) in [5, 5.41) is 3.60. The number of hydrogen-bond donors (Lipinski definition) is 1. The third-order valence-electron chi connectivity index (χ3n) is 3.62. The van der Waals surface area contributed by atoms with Crippen LogP contribution in [0.15, 0.2) is 54.6 Å². The predicted octanol–water partition coefficient (Wildman–Crippen LogP) is 4.65.